The molecule has 0 radical (unpaired) electrons. The van der Waals surface area contributed by atoms with Crippen molar-refractivity contribution in [3.8, 4) is 11.1 Å². The topological polar surface area (TPSA) is 35.6 Å². The highest BCUT2D eigenvalue weighted by molar-refractivity contribution is 5.82. The molecule has 168 valence electrons. The molecular weight excluding hydrogens is 406 g/mol. The summed E-state index contributed by atoms with van der Waals surface area (Å²) in [6, 6.07) is 28.3. The van der Waals surface area contributed by atoms with Gasteiger partial charge in [-0.15, -0.1) is 0 Å². The van der Waals surface area contributed by atoms with Crippen molar-refractivity contribution in [1.82, 2.24) is 15.1 Å². The van der Waals surface area contributed by atoms with Gasteiger partial charge in [-0.1, -0.05) is 78.9 Å². The monoisotopic (exact) mass is 437 g/mol. The van der Waals surface area contributed by atoms with Crippen LogP contribution in [0, 0.1) is 0 Å². The molecule has 0 bridgehead atoms. The number of fused-ring (bicyclic) bond motifs is 3. The Morgan fingerprint density at radius 3 is 2.00 bits per heavy atom. The van der Waals surface area contributed by atoms with Gasteiger partial charge in [0.15, 0.2) is 0 Å². The molecule has 2 heterocycles. The van der Waals surface area contributed by atoms with Gasteiger partial charge in [0.2, 0.25) is 0 Å². The van der Waals surface area contributed by atoms with Gasteiger partial charge in [0.25, 0.3) is 0 Å². The van der Waals surface area contributed by atoms with Crippen LogP contribution >= 0.6 is 0 Å². The van der Waals surface area contributed by atoms with Gasteiger partial charge in [0.05, 0.1) is 6.04 Å². The van der Waals surface area contributed by atoms with Crippen LogP contribution in [0.2, 0.25) is 0 Å². The number of carbonyl (C=O) groups is 1. The van der Waals surface area contributed by atoms with Crippen molar-refractivity contribution < 1.29 is 4.79 Å². The molecule has 4 heteroatoms. The first-order valence-electron chi connectivity index (χ1n) is 12.3. The van der Waals surface area contributed by atoms with E-state index in [1.807, 2.05) is 4.90 Å². The summed E-state index contributed by atoms with van der Waals surface area (Å²) in [5.74, 6) is 0.672. The maximum absolute atomic E-state index is 13.3. The molecule has 4 nitrogen and oxygen atoms in total. The van der Waals surface area contributed by atoms with Gasteiger partial charge in [-0.05, 0) is 66.1 Å². The van der Waals surface area contributed by atoms with Crippen molar-refractivity contribution in [1.29, 1.82) is 0 Å². The van der Waals surface area contributed by atoms with Gasteiger partial charge in [0, 0.05) is 19.1 Å². The molecule has 1 unspecified atom stereocenters. The summed E-state index contributed by atoms with van der Waals surface area (Å²) in [6.45, 7) is 3.93. The number of piperidine rings is 1. The molecule has 6 rings (SSSR count). The number of benzene rings is 3. The minimum absolute atomic E-state index is 0.0631. The minimum atomic E-state index is -0.0643. The lowest BCUT2D eigenvalue weighted by Crippen LogP contribution is -2.45. The molecular formula is C29H31N3O. The van der Waals surface area contributed by atoms with Crippen LogP contribution in [0.5, 0.6) is 0 Å². The Balaban J connectivity index is 1.09. The second-order valence-electron chi connectivity index (χ2n) is 9.67. The molecule has 0 spiro atoms. The number of nitrogens with one attached hydrogen (secondary N) is 1. The van der Waals surface area contributed by atoms with Crippen LogP contribution in [-0.4, -0.2) is 48.1 Å². The van der Waals surface area contributed by atoms with Gasteiger partial charge in [-0.2, -0.15) is 0 Å². The molecule has 1 atom stereocenters. The second-order valence-corrected chi connectivity index (χ2v) is 9.67. The summed E-state index contributed by atoms with van der Waals surface area (Å²) in [5, 5.41) is 3.35. The van der Waals surface area contributed by atoms with E-state index >= 15 is 0 Å². The van der Waals surface area contributed by atoms with Crippen LogP contribution in [0.4, 0.5) is 4.79 Å². The van der Waals surface area contributed by atoms with Crippen LogP contribution in [-0.2, 0) is 0 Å². The molecule has 3 aromatic carbocycles. The SMILES string of the molecule is O=C(NC1c2ccccc2-c2ccccc21)N1CCC(N2CCC(c3ccccc3)CC2)C1. The Morgan fingerprint density at radius 1 is 0.727 bits per heavy atom. The zero-order valence-corrected chi connectivity index (χ0v) is 19.0. The van der Waals surface area contributed by atoms with Gasteiger partial charge in [-0.3, -0.25) is 4.90 Å². The third-order valence-electron chi connectivity index (χ3n) is 7.87. The number of nitrogens with zero attached hydrogens (tertiary/aromatic N) is 2. The van der Waals surface area contributed by atoms with Gasteiger partial charge < -0.3 is 10.2 Å². The normalized spacial score (nSPS) is 21.1. The maximum Gasteiger partial charge on any atom is 0.318 e. The van der Waals surface area contributed by atoms with E-state index in [0.29, 0.717) is 12.0 Å². The van der Waals surface area contributed by atoms with E-state index in [1.54, 1.807) is 0 Å². The smallest absolute Gasteiger partial charge is 0.318 e. The molecule has 0 aromatic heterocycles. The number of rotatable bonds is 3. The average molecular weight is 438 g/mol. The van der Waals surface area contributed by atoms with Crippen LogP contribution < -0.4 is 5.32 Å². The average Bonchev–Trinajstić information content (AvgIpc) is 3.49. The van der Waals surface area contributed by atoms with E-state index in [1.165, 1.54) is 40.7 Å². The Labute approximate surface area is 196 Å². The van der Waals surface area contributed by atoms with Crippen LogP contribution in [0.1, 0.15) is 47.9 Å². The summed E-state index contributed by atoms with van der Waals surface area (Å²) in [7, 11) is 0. The molecule has 3 aliphatic rings. The molecule has 2 saturated heterocycles. The summed E-state index contributed by atoms with van der Waals surface area (Å²) in [4.78, 5) is 17.9. The van der Waals surface area contributed by atoms with Crippen LogP contribution in [0.25, 0.3) is 11.1 Å². The van der Waals surface area contributed by atoms with Crippen molar-refractivity contribution in [3.63, 3.8) is 0 Å². The number of likely N-dealkylation sites (tertiary alicyclic amines) is 2. The number of amides is 2. The fourth-order valence-corrected chi connectivity index (χ4v) is 6.07. The van der Waals surface area contributed by atoms with Crippen LogP contribution in [0.15, 0.2) is 78.9 Å². The molecule has 33 heavy (non-hydrogen) atoms. The predicted molar refractivity (Wildman–Crippen MR) is 132 cm³/mol. The number of urea groups is 1. The predicted octanol–water partition coefficient (Wildman–Crippen LogP) is 5.42. The summed E-state index contributed by atoms with van der Waals surface area (Å²) in [5.41, 5.74) is 6.34. The standard InChI is InChI=1S/C29H31N3O/c33-29(30-28-26-12-6-4-10-24(26)25-11-5-7-13-27(25)28)32-19-16-23(20-32)31-17-14-22(15-18-31)21-8-2-1-3-9-21/h1-13,22-23,28H,14-20H2,(H,30,33). The third-order valence-corrected chi connectivity index (χ3v) is 7.87. The lowest BCUT2D eigenvalue weighted by Gasteiger charge is -2.36. The molecule has 2 aliphatic heterocycles. The quantitative estimate of drug-likeness (QED) is 0.594. The maximum atomic E-state index is 13.3. The molecule has 2 amide bonds. The highest BCUT2D eigenvalue weighted by atomic mass is 16.2. The summed E-state index contributed by atoms with van der Waals surface area (Å²) < 4.78 is 0. The van der Waals surface area contributed by atoms with Gasteiger partial charge >= 0.3 is 6.03 Å². The Morgan fingerprint density at radius 2 is 1.33 bits per heavy atom. The summed E-state index contributed by atoms with van der Waals surface area (Å²) >= 11 is 0. The fraction of sp³-hybridized carbons (Fsp3) is 0.345. The van der Waals surface area contributed by atoms with E-state index in [-0.39, 0.29) is 12.1 Å². The number of carbonyl (C=O) groups excluding carboxylic acids is 1. The first-order valence-corrected chi connectivity index (χ1v) is 12.3. The number of hydrogen-bond acceptors (Lipinski definition) is 2. The van der Waals surface area contributed by atoms with E-state index in [9.17, 15) is 4.79 Å². The Kier molecular flexibility index (Phi) is 5.39. The number of hydrogen-bond donors (Lipinski definition) is 1. The lowest BCUT2D eigenvalue weighted by atomic mass is 9.89. The van der Waals surface area contributed by atoms with Crippen molar-refractivity contribution in [2.75, 3.05) is 26.2 Å². The highest BCUT2D eigenvalue weighted by Gasteiger charge is 2.35. The third kappa shape index (κ3) is 3.83. The molecule has 1 aliphatic carbocycles. The Bertz CT molecular complexity index is 1090. The zero-order valence-electron chi connectivity index (χ0n) is 19.0. The highest BCUT2D eigenvalue weighted by Crippen LogP contribution is 2.43. The first kappa shape index (κ1) is 20.5. The van der Waals surface area contributed by atoms with Crippen molar-refractivity contribution >= 4 is 6.03 Å². The first-order chi connectivity index (χ1) is 16.3. The van der Waals surface area contributed by atoms with E-state index < -0.39 is 0 Å². The van der Waals surface area contributed by atoms with Crippen molar-refractivity contribution in [2.24, 2.45) is 0 Å². The zero-order chi connectivity index (χ0) is 22.2. The molecule has 0 saturated carbocycles. The van der Waals surface area contributed by atoms with Gasteiger partial charge in [-0.25, -0.2) is 4.79 Å². The molecule has 3 aromatic rings. The lowest BCUT2D eigenvalue weighted by molar-refractivity contribution is 0.151. The van der Waals surface area contributed by atoms with E-state index in [2.05, 4.69) is 89.1 Å². The largest absolute Gasteiger partial charge is 0.327 e. The van der Waals surface area contributed by atoms with Crippen LogP contribution in [0.3, 0.4) is 0 Å². The molecule has 1 N–H and O–H groups in total. The Hall–Kier alpha value is -3.11. The fourth-order valence-electron chi connectivity index (χ4n) is 6.07. The summed E-state index contributed by atoms with van der Waals surface area (Å²) in [6.07, 6.45) is 3.49. The second kappa shape index (κ2) is 8.68. The van der Waals surface area contributed by atoms with Gasteiger partial charge in [0.1, 0.15) is 0 Å². The van der Waals surface area contributed by atoms with Crippen molar-refractivity contribution in [3.05, 3.63) is 95.6 Å². The van der Waals surface area contributed by atoms with E-state index in [0.717, 1.165) is 32.6 Å². The van der Waals surface area contributed by atoms with Crippen molar-refractivity contribution in [2.45, 2.75) is 37.3 Å². The minimum Gasteiger partial charge on any atom is -0.327 e. The van der Waals surface area contributed by atoms with E-state index in [4.69, 9.17) is 0 Å². The molecule has 2 fully saturated rings.